The second-order valence-corrected chi connectivity index (χ2v) is 7.96. The zero-order valence-electron chi connectivity index (χ0n) is 17.8. The smallest absolute Gasteiger partial charge is 0.315 e. The molecule has 0 fully saturated rings. The first-order valence-corrected chi connectivity index (χ1v) is 10.3. The number of carbonyl (C=O) groups is 2. The number of phenols is 1. The number of benzene rings is 2. The Kier molecular flexibility index (Phi) is 5.63. The normalized spacial score (nSPS) is 23.1. The lowest BCUT2D eigenvalue weighted by Crippen LogP contribution is -2.37. The van der Waals surface area contributed by atoms with Crippen molar-refractivity contribution in [1.82, 2.24) is 0 Å². The number of methoxy groups -OCH3 is 2. The van der Waals surface area contributed by atoms with Crippen molar-refractivity contribution in [3.8, 4) is 11.5 Å². The Hall–Kier alpha value is -3.41. The quantitative estimate of drug-likeness (QED) is 0.753. The third-order valence-corrected chi connectivity index (χ3v) is 6.18. The lowest BCUT2D eigenvalue weighted by molar-refractivity contribution is -0.143. The lowest BCUT2D eigenvalue weighted by Gasteiger charge is -2.36. The molecule has 6 heteroatoms. The highest BCUT2D eigenvalue weighted by atomic mass is 16.5. The monoisotopic (exact) mass is 419 g/mol. The number of ether oxygens (including phenoxy) is 2. The van der Waals surface area contributed by atoms with E-state index in [0.29, 0.717) is 29.7 Å². The van der Waals surface area contributed by atoms with Crippen LogP contribution in [0.3, 0.4) is 0 Å². The molecule has 2 aromatic rings. The van der Waals surface area contributed by atoms with E-state index in [9.17, 15) is 14.7 Å². The van der Waals surface area contributed by atoms with Gasteiger partial charge < -0.3 is 14.6 Å². The number of carbonyl (C=O) groups excluding carboxylic acids is 2. The predicted octanol–water partition coefficient (Wildman–Crippen LogP) is 4.15. The van der Waals surface area contributed by atoms with Gasteiger partial charge in [-0.05, 0) is 42.5 Å². The Morgan fingerprint density at radius 1 is 1.06 bits per heavy atom. The summed E-state index contributed by atoms with van der Waals surface area (Å²) in [5.41, 5.74) is 3.70. The fourth-order valence-corrected chi connectivity index (χ4v) is 4.70. The second kappa shape index (κ2) is 8.38. The van der Waals surface area contributed by atoms with E-state index < -0.39 is 17.8 Å². The molecule has 3 atom stereocenters. The molecule has 0 bridgehead atoms. The number of aromatic hydroxyl groups is 1. The van der Waals surface area contributed by atoms with Crippen LogP contribution in [0.1, 0.15) is 42.7 Å². The van der Waals surface area contributed by atoms with E-state index in [4.69, 9.17) is 14.5 Å². The molecule has 0 saturated carbocycles. The van der Waals surface area contributed by atoms with E-state index >= 15 is 0 Å². The summed E-state index contributed by atoms with van der Waals surface area (Å²) in [6, 6.07) is 14.9. The first-order valence-electron chi connectivity index (χ1n) is 10.3. The molecule has 1 heterocycles. The van der Waals surface area contributed by atoms with Crippen LogP contribution in [0.25, 0.3) is 0 Å². The summed E-state index contributed by atoms with van der Waals surface area (Å²) >= 11 is 0. The van der Waals surface area contributed by atoms with Gasteiger partial charge >= 0.3 is 5.97 Å². The van der Waals surface area contributed by atoms with Crippen LogP contribution in [0.4, 0.5) is 0 Å². The standard InChI is InChI=1S/C25H25NO5/c1-14-22(25(29)31-3)23(16-9-10-19(27)21(13-16)30-2)24-18(26-14)11-17(12-20(24)28)15-7-5-4-6-8-15/h4-10,13,17,22-23,27H,11-12H2,1-3H3/t17-,22?,23+/m1/s1. The summed E-state index contributed by atoms with van der Waals surface area (Å²) in [5.74, 6) is -1.38. The van der Waals surface area contributed by atoms with Gasteiger partial charge in [-0.15, -0.1) is 0 Å². The summed E-state index contributed by atoms with van der Waals surface area (Å²) in [5, 5.41) is 10.0. The third-order valence-electron chi connectivity index (χ3n) is 6.18. The Bertz CT molecular complexity index is 1090. The van der Waals surface area contributed by atoms with Crippen LogP contribution in [-0.2, 0) is 14.3 Å². The summed E-state index contributed by atoms with van der Waals surface area (Å²) in [6.45, 7) is 1.80. The van der Waals surface area contributed by atoms with Gasteiger partial charge in [0, 0.05) is 29.3 Å². The highest BCUT2D eigenvalue weighted by molar-refractivity contribution is 6.09. The summed E-state index contributed by atoms with van der Waals surface area (Å²) in [6.07, 6.45) is 0.985. The zero-order valence-corrected chi connectivity index (χ0v) is 17.8. The second-order valence-electron chi connectivity index (χ2n) is 7.96. The van der Waals surface area contributed by atoms with Crippen LogP contribution >= 0.6 is 0 Å². The van der Waals surface area contributed by atoms with Crippen LogP contribution in [0.15, 0.2) is 64.8 Å². The first kappa shape index (κ1) is 20.8. The number of esters is 1. The number of ketones is 1. The van der Waals surface area contributed by atoms with Gasteiger partial charge in [0.25, 0.3) is 0 Å². The molecule has 31 heavy (non-hydrogen) atoms. The summed E-state index contributed by atoms with van der Waals surface area (Å²) in [4.78, 5) is 30.9. The van der Waals surface area contributed by atoms with Gasteiger partial charge in [-0.2, -0.15) is 0 Å². The average Bonchev–Trinajstić information content (AvgIpc) is 2.78. The van der Waals surface area contributed by atoms with Gasteiger partial charge in [-0.25, -0.2) is 0 Å². The Morgan fingerprint density at radius 3 is 2.48 bits per heavy atom. The molecular formula is C25H25NO5. The Balaban J connectivity index is 1.84. The maximum Gasteiger partial charge on any atom is 0.315 e. The third kappa shape index (κ3) is 3.74. The molecule has 6 nitrogen and oxygen atoms in total. The van der Waals surface area contributed by atoms with Crippen LogP contribution in [0.5, 0.6) is 11.5 Å². The van der Waals surface area contributed by atoms with Gasteiger partial charge in [0.15, 0.2) is 17.3 Å². The molecule has 0 spiro atoms. The van der Waals surface area contributed by atoms with E-state index in [-0.39, 0.29) is 23.2 Å². The Morgan fingerprint density at radius 2 is 1.81 bits per heavy atom. The molecule has 2 aromatic carbocycles. The maximum absolute atomic E-state index is 13.4. The first-order chi connectivity index (χ1) is 14.9. The molecule has 0 radical (unpaired) electrons. The van der Waals surface area contributed by atoms with Crippen molar-refractivity contribution in [1.29, 1.82) is 0 Å². The number of hydrogen-bond acceptors (Lipinski definition) is 6. The van der Waals surface area contributed by atoms with Crippen LogP contribution in [0.2, 0.25) is 0 Å². The van der Waals surface area contributed by atoms with Crippen LogP contribution in [-0.4, -0.2) is 36.8 Å². The van der Waals surface area contributed by atoms with Gasteiger partial charge in [-0.3, -0.25) is 14.6 Å². The zero-order chi connectivity index (χ0) is 22.1. The summed E-state index contributed by atoms with van der Waals surface area (Å²) < 4.78 is 10.3. The minimum atomic E-state index is -0.713. The molecule has 1 aliphatic heterocycles. The fourth-order valence-electron chi connectivity index (χ4n) is 4.70. The molecule has 2 aliphatic rings. The minimum absolute atomic E-state index is 0.00428. The summed E-state index contributed by atoms with van der Waals surface area (Å²) in [7, 11) is 2.80. The molecule has 160 valence electrons. The number of hydrogen-bond donors (Lipinski definition) is 1. The SMILES string of the molecule is COC(=O)C1C(C)=NC2=C(C(=O)C[C@H](c3ccccc3)C2)[C@H]1c1ccc(O)c(OC)c1. The van der Waals surface area contributed by atoms with Crippen molar-refractivity contribution >= 4 is 17.5 Å². The van der Waals surface area contributed by atoms with Crippen molar-refractivity contribution in [3.05, 3.63) is 70.9 Å². The van der Waals surface area contributed by atoms with Crippen LogP contribution in [0, 0.1) is 5.92 Å². The Labute approximate surface area is 181 Å². The van der Waals surface area contributed by atoms with E-state index in [1.165, 1.54) is 20.3 Å². The number of allylic oxidation sites excluding steroid dienone is 2. The minimum Gasteiger partial charge on any atom is -0.504 e. The molecule has 1 N–H and O–H groups in total. The number of rotatable bonds is 4. The molecule has 0 saturated heterocycles. The lowest BCUT2D eigenvalue weighted by atomic mass is 9.69. The predicted molar refractivity (Wildman–Crippen MR) is 116 cm³/mol. The maximum atomic E-state index is 13.4. The van der Waals surface area contributed by atoms with Crippen molar-refractivity contribution in [3.63, 3.8) is 0 Å². The number of nitrogens with zero attached hydrogens (tertiary/aromatic N) is 1. The number of Topliss-reactive ketones (excluding diaryl/α,β-unsaturated/α-hetero) is 1. The molecule has 4 rings (SSSR count). The van der Waals surface area contributed by atoms with Gasteiger partial charge in [0.1, 0.15) is 5.92 Å². The van der Waals surface area contributed by atoms with E-state index in [1.807, 2.05) is 30.3 Å². The highest BCUT2D eigenvalue weighted by Crippen LogP contribution is 2.47. The van der Waals surface area contributed by atoms with Crippen LogP contribution < -0.4 is 4.74 Å². The van der Waals surface area contributed by atoms with E-state index in [1.54, 1.807) is 19.1 Å². The molecular weight excluding hydrogens is 394 g/mol. The highest BCUT2D eigenvalue weighted by Gasteiger charge is 2.44. The average molecular weight is 419 g/mol. The van der Waals surface area contributed by atoms with E-state index in [0.717, 1.165) is 11.3 Å². The molecule has 1 unspecified atom stereocenters. The van der Waals surface area contributed by atoms with Gasteiger partial charge in [0.2, 0.25) is 0 Å². The fraction of sp³-hybridized carbons (Fsp3) is 0.320. The largest absolute Gasteiger partial charge is 0.504 e. The molecule has 0 amide bonds. The number of phenolic OH excluding ortho intramolecular Hbond substituents is 1. The van der Waals surface area contributed by atoms with Crippen molar-refractivity contribution in [2.24, 2.45) is 10.9 Å². The van der Waals surface area contributed by atoms with Crippen molar-refractivity contribution in [2.75, 3.05) is 14.2 Å². The molecule has 1 aliphatic carbocycles. The van der Waals surface area contributed by atoms with Gasteiger partial charge in [-0.1, -0.05) is 36.4 Å². The molecule has 0 aromatic heterocycles. The van der Waals surface area contributed by atoms with Crippen molar-refractivity contribution in [2.45, 2.75) is 31.6 Å². The van der Waals surface area contributed by atoms with E-state index in [2.05, 4.69) is 0 Å². The van der Waals surface area contributed by atoms with Crippen molar-refractivity contribution < 1.29 is 24.2 Å². The van der Waals surface area contributed by atoms with Gasteiger partial charge in [0.05, 0.1) is 14.2 Å². The topological polar surface area (TPSA) is 85.2 Å². The number of aliphatic imine (C=N–C) groups is 1.